The molecule has 0 spiro atoms. The van der Waals surface area contributed by atoms with Crippen LogP contribution in [0, 0.1) is 0 Å². The fourth-order valence-corrected chi connectivity index (χ4v) is 2.05. The summed E-state index contributed by atoms with van der Waals surface area (Å²) < 4.78 is 40.0. The monoisotopic (exact) mass is 354 g/mol. The first-order valence-electron chi connectivity index (χ1n) is 7.56. The first-order chi connectivity index (χ1) is 11.9. The van der Waals surface area contributed by atoms with Gasteiger partial charge in [0.15, 0.2) is 6.29 Å². The van der Waals surface area contributed by atoms with Gasteiger partial charge in [-0.3, -0.25) is 4.79 Å². The zero-order valence-electron chi connectivity index (χ0n) is 13.4. The molecule has 0 saturated carbocycles. The molecule has 1 heterocycles. The normalized spacial score (nSPS) is 11.0. The summed E-state index contributed by atoms with van der Waals surface area (Å²) in [5.41, 5.74) is 1.79. The van der Waals surface area contributed by atoms with Crippen molar-refractivity contribution in [2.75, 3.05) is 23.7 Å². The van der Waals surface area contributed by atoms with Gasteiger partial charge in [-0.05, 0) is 30.7 Å². The Balaban J connectivity index is 1.80. The summed E-state index contributed by atoms with van der Waals surface area (Å²) in [5, 5.41) is 6.05. The summed E-state index contributed by atoms with van der Waals surface area (Å²) in [6.07, 6.45) is -1.89. The topological polar surface area (TPSA) is 76.1 Å². The van der Waals surface area contributed by atoms with Crippen molar-refractivity contribution >= 4 is 17.9 Å². The Labute approximate surface area is 142 Å². The highest BCUT2D eigenvalue weighted by Gasteiger charge is 2.30. The van der Waals surface area contributed by atoms with E-state index in [0.29, 0.717) is 42.4 Å². The van der Waals surface area contributed by atoms with Crippen molar-refractivity contribution in [3.05, 3.63) is 41.7 Å². The van der Waals surface area contributed by atoms with Gasteiger partial charge in [-0.15, -0.1) is 13.2 Å². The number of aldehydes is 1. The summed E-state index contributed by atoms with van der Waals surface area (Å²) in [6.45, 7) is 2.89. The van der Waals surface area contributed by atoms with Crippen molar-refractivity contribution in [3.63, 3.8) is 0 Å². The van der Waals surface area contributed by atoms with E-state index < -0.39 is 6.36 Å². The molecule has 1 aromatic carbocycles. The van der Waals surface area contributed by atoms with Crippen LogP contribution in [-0.2, 0) is 6.42 Å². The molecule has 2 aromatic rings. The molecule has 0 radical (unpaired) electrons. The maximum Gasteiger partial charge on any atom is 0.573 e. The number of anilines is 2. The summed E-state index contributed by atoms with van der Waals surface area (Å²) in [5.74, 6) is 0.144. The molecule has 6 nitrogen and oxygen atoms in total. The van der Waals surface area contributed by atoms with Crippen LogP contribution in [-0.4, -0.2) is 35.7 Å². The van der Waals surface area contributed by atoms with Crippen LogP contribution in [0.2, 0.25) is 0 Å². The SMILES string of the molecule is CCc1nc(NCCNc2ccc(OC(F)(F)F)cc2)ncc1C=O. The zero-order valence-corrected chi connectivity index (χ0v) is 13.4. The van der Waals surface area contributed by atoms with E-state index in [1.54, 1.807) is 0 Å². The van der Waals surface area contributed by atoms with E-state index in [1.807, 2.05) is 6.92 Å². The van der Waals surface area contributed by atoms with E-state index in [9.17, 15) is 18.0 Å². The van der Waals surface area contributed by atoms with Crippen LogP contribution < -0.4 is 15.4 Å². The molecular formula is C16H17F3N4O2. The van der Waals surface area contributed by atoms with Crippen molar-refractivity contribution < 1.29 is 22.7 Å². The molecule has 0 fully saturated rings. The highest BCUT2D eigenvalue weighted by Crippen LogP contribution is 2.23. The Bertz CT molecular complexity index is 706. The van der Waals surface area contributed by atoms with Gasteiger partial charge >= 0.3 is 6.36 Å². The average molecular weight is 354 g/mol. The number of nitrogens with zero attached hydrogens (tertiary/aromatic N) is 2. The van der Waals surface area contributed by atoms with E-state index in [0.717, 1.165) is 6.29 Å². The molecule has 0 atom stereocenters. The fourth-order valence-electron chi connectivity index (χ4n) is 2.05. The van der Waals surface area contributed by atoms with Crippen molar-refractivity contribution in [2.45, 2.75) is 19.7 Å². The van der Waals surface area contributed by atoms with E-state index in [4.69, 9.17) is 0 Å². The van der Waals surface area contributed by atoms with Crippen LogP contribution in [0.4, 0.5) is 24.8 Å². The second-order valence-electron chi connectivity index (χ2n) is 4.99. The Morgan fingerprint density at radius 1 is 1.16 bits per heavy atom. The summed E-state index contributed by atoms with van der Waals surface area (Å²) >= 11 is 0. The highest BCUT2D eigenvalue weighted by molar-refractivity contribution is 5.76. The van der Waals surface area contributed by atoms with Crippen LogP contribution in [0.15, 0.2) is 30.5 Å². The lowest BCUT2D eigenvalue weighted by Crippen LogP contribution is -2.17. The minimum atomic E-state index is -4.70. The van der Waals surface area contributed by atoms with Crippen LogP contribution in [0.3, 0.4) is 0 Å². The second-order valence-corrected chi connectivity index (χ2v) is 4.99. The van der Waals surface area contributed by atoms with Gasteiger partial charge < -0.3 is 15.4 Å². The number of alkyl halides is 3. The average Bonchev–Trinajstić information content (AvgIpc) is 2.58. The van der Waals surface area contributed by atoms with Gasteiger partial charge in [0.2, 0.25) is 5.95 Å². The number of hydrogen-bond acceptors (Lipinski definition) is 6. The second kappa shape index (κ2) is 8.32. The third kappa shape index (κ3) is 5.94. The predicted octanol–water partition coefficient (Wildman–Crippen LogP) is 3.27. The molecule has 9 heteroatoms. The Kier molecular flexibility index (Phi) is 6.15. The Morgan fingerprint density at radius 2 is 1.84 bits per heavy atom. The number of aromatic nitrogens is 2. The number of nitrogens with one attached hydrogen (secondary N) is 2. The van der Waals surface area contributed by atoms with Crippen molar-refractivity contribution in [2.24, 2.45) is 0 Å². The van der Waals surface area contributed by atoms with Crippen LogP contribution in [0.5, 0.6) is 5.75 Å². The highest BCUT2D eigenvalue weighted by atomic mass is 19.4. The van der Waals surface area contributed by atoms with Gasteiger partial charge in [0.25, 0.3) is 0 Å². The lowest BCUT2D eigenvalue weighted by Gasteiger charge is -2.11. The third-order valence-corrected chi connectivity index (χ3v) is 3.19. The number of halogens is 3. The van der Waals surface area contributed by atoms with E-state index >= 15 is 0 Å². The van der Waals surface area contributed by atoms with Gasteiger partial charge in [-0.1, -0.05) is 6.92 Å². The van der Waals surface area contributed by atoms with Crippen LogP contribution in [0.1, 0.15) is 23.0 Å². The summed E-state index contributed by atoms with van der Waals surface area (Å²) in [7, 11) is 0. The minimum Gasteiger partial charge on any atom is -0.406 e. The largest absolute Gasteiger partial charge is 0.573 e. The first-order valence-corrected chi connectivity index (χ1v) is 7.56. The number of ether oxygens (including phenoxy) is 1. The molecular weight excluding hydrogens is 337 g/mol. The van der Waals surface area contributed by atoms with Crippen LogP contribution >= 0.6 is 0 Å². The Morgan fingerprint density at radius 3 is 2.44 bits per heavy atom. The number of rotatable bonds is 8. The van der Waals surface area contributed by atoms with E-state index in [-0.39, 0.29) is 5.75 Å². The molecule has 134 valence electrons. The van der Waals surface area contributed by atoms with Gasteiger partial charge in [0, 0.05) is 25.0 Å². The molecule has 0 aliphatic carbocycles. The zero-order chi connectivity index (χ0) is 18.3. The lowest BCUT2D eigenvalue weighted by molar-refractivity contribution is -0.274. The van der Waals surface area contributed by atoms with Crippen molar-refractivity contribution in [1.82, 2.24) is 9.97 Å². The number of hydrogen-bond donors (Lipinski definition) is 2. The molecule has 0 bridgehead atoms. The van der Waals surface area contributed by atoms with Crippen molar-refractivity contribution in [3.8, 4) is 5.75 Å². The third-order valence-electron chi connectivity index (χ3n) is 3.19. The molecule has 1 aromatic heterocycles. The summed E-state index contributed by atoms with van der Waals surface area (Å²) in [4.78, 5) is 19.1. The molecule has 0 amide bonds. The first kappa shape index (κ1) is 18.5. The smallest absolute Gasteiger partial charge is 0.406 e. The van der Waals surface area contributed by atoms with Gasteiger partial charge in [0.1, 0.15) is 5.75 Å². The predicted molar refractivity (Wildman–Crippen MR) is 86.9 cm³/mol. The number of benzene rings is 1. The fraction of sp³-hybridized carbons (Fsp3) is 0.312. The molecule has 2 rings (SSSR count). The quantitative estimate of drug-likeness (QED) is 0.560. The number of aryl methyl sites for hydroxylation is 1. The maximum atomic E-state index is 12.1. The van der Waals surface area contributed by atoms with E-state index in [2.05, 4.69) is 25.3 Å². The standard InChI is InChI=1S/C16H17F3N4O2/c1-2-14-11(10-24)9-22-15(23-14)21-8-7-20-12-3-5-13(6-4-12)25-16(17,18)19/h3-6,9-10,20H,2,7-8H2,1H3,(H,21,22,23). The molecule has 0 unspecified atom stereocenters. The summed E-state index contributed by atoms with van der Waals surface area (Å²) in [6, 6.07) is 5.45. The van der Waals surface area contributed by atoms with E-state index in [1.165, 1.54) is 30.5 Å². The van der Waals surface area contributed by atoms with Crippen molar-refractivity contribution in [1.29, 1.82) is 0 Å². The van der Waals surface area contributed by atoms with Crippen LogP contribution in [0.25, 0.3) is 0 Å². The number of carbonyl (C=O) groups excluding carboxylic acids is 1. The van der Waals surface area contributed by atoms with Gasteiger partial charge in [-0.2, -0.15) is 0 Å². The minimum absolute atomic E-state index is 0.271. The molecule has 0 aliphatic heterocycles. The molecule has 0 aliphatic rings. The van der Waals surface area contributed by atoms with Gasteiger partial charge in [0.05, 0.1) is 11.3 Å². The molecule has 25 heavy (non-hydrogen) atoms. The molecule has 2 N–H and O–H groups in total. The molecule has 0 saturated heterocycles. The maximum absolute atomic E-state index is 12.1. The lowest BCUT2D eigenvalue weighted by atomic mass is 10.2. The van der Waals surface area contributed by atoms with Gasteiger partial charge in [-0.25, -0.2) is 9.97 Å². The Hall–Kier alpha value is -2.84. The number of carbonyl (C=O) groups is 1.